The van der Waals surface area contributed by atoms with Gasteiger partial charge >= 0.3 is 18.2 Å². The van der Waals surface area contributed by atoms with E-state index in [9.17, 15) is 22.4 Å². The lowest BCUT2D eigenvalue weighted by Gasteiger charge is -2.09. The van der Waals surface area contributed by atoms with Crippen LogP contribution in [0.3, 0.4) is 0 Å². The fourth-order valence-electron chi connectivity index (χ4n) is 0.494. The maximum Gasteiger partial charge on any atom is 0.518 e. The van der Waals surface area contributed by atoms with Gasteiger partial charge in [0.1, 0.15) is 6.26 Å². The van der Waals surface area contributed by atoms with Crippen LogP contribution in [0.2, 0.25) is 0 Å². The van der Waals surface area contributed by atoms with Crippen molar-refractivity contribution in [3.8, 4) is 0 Å². The van der Waals surface area contributed by atoms with Crippen LogP contribution in [0.4, 0.5) is 17.6 Å². The average molecular weight is 186 g/mol. The molecular formula is C5H2F4O3. The number of alkyl halides is 4. The zero-order chi connectivity index (χ0) is 9.35. The molecule has 1 aromatic rings. The summed E-state index contributed by atoms with van der Waals surface area (Å²) in [5.41, 5.74) is 0. The first-order valence-corrected chi connectivity index (χ1v) is 2.69. The third kappa shape index (κ3) is 1.34. The van der Waals surface area contributed by atoms with Crippen molar-refractivity contribution in [3.63, 3.8) is 0 Å². The maximum atomic E-state index is 12.2. The van der Waals surface area contributed by atoms with E-state index in [4.69, 9.17) is 0 Å². The third-order valence-corrected chi connectivity index (χ3v) is 1.06. The van der Waals surface area contributed by atoms with Crippen molar-refractivity contribution in [3.05, 3.63) is 22.6 Å². The molecule has 0 fully saturated rings. The van der Waals surface area contributed by atoms with Crippen LogP contribution in [0, 0.1) is 0 Å². The van der Waals surface area contributed by atoms with Gasteiger partial charge in [0.2, 0.25) is 5.76 Å². The van der Waals surface area contributed by atoms with Crippen molar-refractivity contribution >= 4 is 0 Å². The Bertz CT molecular complexity index is 312. The SMILES string of the molecule is O=c1occ(C(F)(F)C(F)F)o1. The molecule has 0 saturated heterocycles. The highest BCUT2D eigenvalue weighted by atomic mass is 19.3. The minimum absolute atomic E-state index is 0.161. The van der Waals surface area contributed by atoms with Gasteiger partial charge in [0.15, 0.2) is 0 Å². The van der Waals surface area contributed by atoms with Gasteiger partial charge in [-0.05, 0) is 0 Å². The third-order valence-electron chi connectivity index (χ3n) is 1.06. The number of rotatable bonds is 2. The Morgan fingerprint density at radius 1 is 1.42 bits per heavy atom. The molecule has 0 bridgehead atoms. The van der Waals surface area contributed by atoms with E-state index in [1.165, 1.54) is 0 Å². The first-order valence-electron chi connectivity index (χ1n) is 2.69. The van der Waals surface area contributed by atoms with Crippen molar-refractivity contribution in [2.45, 2.75) is 12.3 Å². The van der Waals surface area contributed by atoms with E-state index >= 15 is 0 Å². The molecule has 0 aliphatic carbocycles. The van der Waals surface area contributed by atoms with E-state index in [0.29, 0.717) is 0 Å². The fourth-order valence-corrected chi connectivity index (χ4v) is 0.494. The number of hydrogen-bond donors (Lipinski definition) is 0. The van der Waals surface area contributed by atoms with Gasteiger partial charge in [-0.2, -0.15) is 8.78 Å². The predicted octanol–water partition coefficient (Wildman–Crippen LogP) is 1.59. The Labute approximate surface area is 62.6 Å². The smallest absolute Gasteiger partial charge is 0.399 e. The fraction of sp³-hybridized carbons (Fsp3) is 0.400. The summed E-state index contributed by atoms with van der Waals surface area (Å²) in [5.74, 6) is -7.39. The molecule has 0 saturated carbocycles. The molecule has 1 heterocycles. The molecule has 0 N–H and O–H groups in total. The maximum absolute atomic E-state index is 12.2. The summed E-state index contributed by atoms with van der Waals surface area (Å²) in [7, 11) is 0. The molecule has 7 heteroatoms. The van der Waals surface area contributed by atoms with Crippen LogP contribution in [-0.2, 0) is 5.92 Å². The Morgan fingerprint density at radius 2 is 2.00 bits per heavy atom. The molecule has 0 atom stereocenters. The van der Waals surface area contributed by atoms with E-state index in [1.807, 2.05) is 0 Å². The van der Waals surface area contributed by atoms with Gasteiger partial charge < -0.3 is 8.83 Å². The molecule has 0 aromatic carbocycles. The predicted molar refractivity (Wildman–Crippen MR) is 27.1 cm³/mol. The summed E-state index contributed by atoms with van der Waals surface area (Å²) in [6.45, 7) is 0. The molecule has 0 unspecified atom stereocenters. The normalized spacial score (nSPS) is 12.4. The van der Waals surface area contributed by atoms with Crippen LogP contribution in [0.15, 0.2) is 19.9 Å². The molecule has 0 amide bonds. The molecule has 0 radical (unpaired) electrons. The number of hydrogen-bond acceptors (Lipinski definition) is 3. The molecule has 3 nitrogen and oxygen atoms in total. The van der Waals surface area contributed by atoms with Crippen molar-refractivity contribution < 1.29 is 26.4 Å². The van der Waals surface area contributed by atoms with Crippen LogP contribution in [0.5, 0.6) is 0 Å². The van der Waals surface area contributed by atoms with Crippen LogP contribution in [-0.4, -0.2) is 6.43 Å². The summed E-state index contributed by atoms with van der Waals surface area (Å²) in [6, 6.07) is 0. The van der Waals surface area contributed by atoms with E-state index in [2.05, 4.69) is 8.83 Å². The zero-order valence-corrected chi connectivity index (χ0v) is 5.39. The second kappa shape index (κ2) is 2.65. The zero-order valence-electron chi connectivity index (χ0n) is 5.39. The van der Waals surface area contributed by atoms with Gasteiger partial charge in [0.25, 0.3) is 0 Å². The topological polar surface area (TPSA) is 43.4 Å². The van der Waals surface area contributed by atoms with E-state index in [0.717, 1.165) is 0 Å². The van der Waals surface area contributed by atoms with Gasteiger partial charge in [0.05, 0.1) is 0 Å². The monoisotopic (exact) mass is 186 g/mol. The molecule has 0 aliphatic rings. The molecule has 1 aromatic heterocycles. The highest BCUT2D eigenvalue weighted by Gasteiger charge is 2.46. The lowest BCUT2D eigenvalue weighted by Crippen LogP contribution is -2.22. The first-order chi connectivity index (χ1) is 5.44. The highest BCUT2D eigenvalue weighted by Crippen LogP contribution is 2.33. The van der Waals surface area contributed by atoms with Crippen LogP contribution in [0.25, 0.3) is 0 Å². The number of halogens is 4. The standard InChI is InChI=1S/C5H2F4O3/c6-3(7)5(8,9)2-1-11-4(10)12-2/h1,3H. The lowest BCUT2D eigenvalue weighted by molar-refractivity contribution is -0.147. The minimum Gasteiger partial charge on any atom is -0.399 e. The van der Waals surface area contributed by atoms with Gasteiger partial charge in [-0.3, -0.25) is 0 Å². The lowest BCUT2D eigenvalue weighted by atomic mass is 10.3. The first kappa shape index (κ1) is 8.82. The van der Waals surface area contributed by atoms with E-state index in [-0.39, 0.29) is 6.26 Å². The largest absolute Gasteiger partial charge is 0.518 e. The van der Waals surface area contributed by atoms with E-state index in [1.54, 1.807) is 0 Å². The van der Waals surface area contributed by atoms with Gasteiger partial charge in [-0.15, -0.1) is 0 Å². The molecule has 0 aliphatic heterocycles. The van der Waals surface area contributed by atoms with Crippen LogP contribution >= 0.6 is 0 Å². The summed E-state index contributed by atoms with van der Waals surface area (Å²) in [4.78, 5) is 10.0. The summed E-state index contributed by atoms with van der Waals surface area (Å²) in [6.07, 6.45) is -3.77. The molecular weight excluding hydrogens is 184 g/mol. The van der Waals surface area contributed by atoms with Gasteiger partial charge in [0, 0.05) is 0 Å². The summed E-state index contributed by atoms with van der Waals surface area (Å²) in [5, 5.41) is 0. The second-order valence-corrected chi connectivity index (χ2v) is 1.88. The molecule has 0 spiro atoms. The van der Waals surface area contributed by atoms with Gasteiger partial charge in [-0.1, -0.05) is 0 Å². The Hall–Kier alpha value is -1.27. The minimum atomic E-state index is -4.48. The second-order valence-electron chi connectivity index (χ2n) is 1.88. The van der Waals surface area contributed by atoms with Crippen molar-refractivity contribution in [2.24, 2.45) is 0 Å². The van der Waals surface area contributed by atoms with Crippen LogP contribution in [0.1, 0.15) is 5.76 Å². The highest BCUT2D eigenvalue weighted by molar-refractivity contribution is 4.98. The summed E-state index contributed by atoms with van der Waals surface area (Å²) < 4.78 is 55.0. The molecule has 68 valence electrons. The average Bonchev–Trinajstić information content (AvgIpc) is 2.35. The van der Waals surface area contributed by atoms with Gasteiger partial charge in [-0.25, -0.2) is 13.6 Å². The quantitative estimate of drug-likeness (QED) is 0.658. The Balaban J connectivity index is 3.05. The molecule has 1 rings (SSSR count). The van der Waals surface area contributed by atoms with Crippen molar-refractivity contribution in [1.29, 1.82) is 0 Å². The van der Waals surface area contributed by atoms with Crippen molar-refractivity contribution in [2.75, 3.05) is 0 Å². The van der Waals surface area contributed by atoms with E-state index < -0.39 is 23.9 Å². The molecule has 12 heavy (non-hydrogen) atoms. The Kier molecular flexibility index (Phi) is 1.95. The summed E-state index contributed by atoms with van der Waals surface area (Å²) >= 11 is 0. The Morgan fingerprint density at radius 3 is 2.33 bits per heavy atom. The van der Waals surface area contributed by atoms with Crippen LogP contribution < -0.4 is 5.82 Å². The van der Waals surface area contributed by atoms with Crippen molar-refractivity contribution in [1.82, 2.24) is 0 Å².